The highest BCUT2D eigenvalue weighted by Crippen LogP contribution is 2.25. The minimum absolute atomic E-state index is 0.0341. The second-order valence-electron chi connectivity index (χ2n) is 7.43. The number of imidazole rings is 1. The third-order valence-electron chi connectivity index (χ3n) is 5.17. The standard InChI is InChI=1S/C21H20F3N5O2/c1-12(17-9-28(11-26-17)14-3-4-15(23)16(24)8-14)7-19-25-6-5-20(27-19)29-18(13(2)22)10-31-21(29)30/h3-6,8-9,11-13,18H,7,10H2,1-2H3/t12-,13+,18-/m1/s1. The summed E-state index contributed by atoms with van der Waals surface area (Å²) in [6.45, 7) is 3.26. The van der Waals surface area contributed by atoms with Crippen molar-refractivity contribution in [1.82, 2.24) is 19.5 Å². The first kappa shape index (κ1) is 20.8. The first-order chi connectivity index (χ1) is 14.8. The third-order valence-corrected chi connectivity index (χ3v) is 5.17. The number of benzene rings is 1. The van der Waals surface area contributed by atoms with E-state index in [0.29, 0.717) is 23.6 Å². The van der Waals surface area contributed by atoms with Crippen LogP contribution in [0.3, 0.4) is 0 Å². The topological polar surface area (TPSA) is 73.1 Å². The first-order valence-electron chi connectivity index (χ1n) is 9.74. The van der Waals surface area contributed by atoms with Gasteiger partial charge in [0.25, 0.3) is 0 Å². The lowest BCUT2D eigenvalue weighted by Crippen LogP contribution is -2.39. The molecule has 1 aliphatic rings. The fourth-order valence-corrected chi connectivity index (χ4v) is 3.42. The van der Waals surface area contributed by atoms with Gasteiger partial charge in [0.2, 0.25) is 0 Å². The van der Waals surface area contributed by atoms with Crippen molar-refractivity contribution in [1.29, 1.82) is 0 Å². The first-order valence-corrected chi connectivity index (χ1v) is 9.74. The third kappa shape index (κ3) is 4.23. The molecule has 1 amide bonds. The van der Waals surface area contributed by atoms with Crippen molar-refractivity contribution in [2.75, 3.05) is 11.5 Å². The van der Waals surface area contributed by atoms with E-state index < -0.39 is 29.9 Å². The average molecular weight is 431 g/mol. The Bertz CT molecular complexity index is 1100. The summed E-state index contributed by atoms with van der Waals surface area (Å²) in [4.78, 5) is 26.3. The Labute approximate surface area is 176 Å². The minimum Gasteiger partial charge on any atom is -0.447 e. The Hall–Kier alpha value is -3.43. The van der Waals surface area contributed by atoms with Gasteiger partial charge in [0.05, 0.1) is 12.0 Å². The van der Waals surface area contributed by atoms with Gasteiger partial charge in [0.1, 0.15) is 30.5 Å². The molecule has 3 heterocycles. The number of cyclic esters (lactones) is 1. The summed E-state index contributed by atoms with van der Waals surface area (Å²) < 4.78 is 47.1. The lowest BCUT2D eigenvalue weighted by molar-refractivity contribution is 0.174. The molecule has 31 heavy (non-hydrogen) atoms. The molecule has 7 nitrogen and oxygen atoms in total. The van der Waals surface area contributed by atoms with Crippen LogP contribution in [-0.4, -0.2) is 44.4 Å². The minimum atomic E-state index is -1.27. The number of alkyl halides is 1. The predicted molar refractivity (Wildman–Crippen MR) is 106 cm³/mol. The van der Waals surface area contributed by atoms with Gasteiger partial charge < -0.3 is 9.30 Å². The lowest BCUT2D eigenvalue weighted by atomic mass is 10.0. The van der Waals surface area contributed by atoms with E-state index in [0.717, 1.165) is 12.1 Å². The summed E-state index contributed by atoms with van der Waals surface area (Å²) >= 11 is 0. The molecular weight excluding hydrogens is 411 g/mol. The molecule has 0 unspecified atom stereocenters. The molecule has 0 bridgehead atoms. The summed E-state index contributed by atoms with van der Waals surface area (Å²) in [5, 5.41) is 0. The molecule has 0 saturated carbocycles. The van der Waals surface area contributed by atoms with Gasteiger partial charge in [0.15, 0.2) is 11.6 Å². The van der Waals surface area contributed by atoms with Gasteiger partial charge in [-0.2, -0.15) is 0 Å². The zero-order chi connectivity index (χ0) is 22.1. The highest BCUT2D eigenvalue weighted by Gasteiger charge is 2.39. The molecule has 1 saturated heterocycles. The van der Waals surface area contributed by atoms with E-state index in [9.17, 15) is 18.0 Å². The predicted octanol–water partition coefficient (Wildman–Crippen LogP) is 3.97. The Morgan fingerprint density at radius 3 is 2.74 bits per heavy atom. The van der Waals surface area contributed by atoms with Crippen LogP contribution >= 0.6 is 0 Å². The van der Waals surface area contributed by atoms with Crippen LogP contribution in [0.15, 0.2) is 43.0 Å². The molecule has 0 aliphatic carbocycles. The Kier molecular flexibility index (Phi) is 5.62. The second-order valence-corrected chi connectivity index (χ2v) is 7.43. The maximum Gasteiger partial charge on any atom is 0.416 e. The molecule has 3 aromatic rings. The average Bonchev–Trinajstić information content (AvgIpc) is 3.37. The Morgan fingerprint density at radius 2 is 2.00 bits per heavy atom. The molecule has 0 N–H and O–H groups in total. The summed E-state index contributed by atoms with van der Waals surface area (Å²) in [7, 11) is 0. The molecule has 1 fully saturated rings. The summed E-state index contributed by atoms with van der Waals surface area (Å²) in [6, 6.07) is 4.41. The van der Waals surface area contributed by atoms with Gasteiger partial charge in [0, 0.05) is 36.5 Å². The number of anilines is 1. The van der Waals surface area contributed by atoms with Crippen molar-refractivity contribution in [2.24, 2.45) is 0 Å². The highest BCUT2D eigenvalue weighted by atomic mass is 19.2. The fraction of sp³-hybridized carbons (Fsp3) is 0.333. The van der Waals surface area contributed by atoms with Gasteiger partial charge >= 0.3 is 6.09 Å². The van der Waals surface area contributed by atoms with Crippen LogP contribution in [-0.2, 0) is 11.2 Å². The van der Waals surface area contributed by atoms with Gasteiger partial charge in [-0.3, -0.25) is 4.90 Å². The van der Waals surface area contributed by atoms with Crippen molar-refractivity contribution < 1.29 is 22.7 Å². The van der Waals surface area contributed by atoms with E-state index in [1.807, 2.05) is 6.92 Å². The molecule has 0 radical (unpaired) electrons. The lowest BCUT2D eigenvalue weighted by Gasteiger charge is -2.21. The van der Waals surface area contributed by atoms with Crippen molar-refractivity contribution >= 4 is 11.9 Å². The molecular formula is C21H20F3N5O2. The van der Waals surface area contributed by atoms with Crippen LogP contribution in [0, 0.1) is 11.6 Å². The number of carbonyl (C=O) groups is 1. The van der Waals surface area contributed by atoms with Gasteiger partial charge in [-0.15, -0.1) is 0 Å². The van der Waals surface area contributed by atoms with Gasteiger partial charge in [-0.1, -0.05) is 6.92 Å². The van der Waals surface area contributed by atoms with Crippen molar-refractivity contribution in [3.63, 3.8) is 0 Å². The van der Waals surface area contributed by atoms with Crippen LogP contribution in [0.5, 0.6) is 0 Å². The van der Waals surface area contributed by atoms with E-state index in [2.05, 4.69) is 15.0 Å². The number of carbonyl (C=O) groups excluding carboxylic acids is 1. The SMILES string of the molecule is C[C@H](Cc1nccc(N2C(=O)OC[C@@H]2[C@H](C)F)n1)c1cn(-c2ccc(F)c(F)c2)cn1. The number of ether oxygens (including phenoxy) is 1. The number of nitrogens with zero attached hydrogens (tertiary/aromatic N) is 5. The van der Waals surface area contributed by atoms with E-state index in [1.165, 1.54) is 36.5 Å². The monoisotopic (exact) mass is 431 g/mol. The van der Waals surface area contributed by atoms with Crippen molar-refractivity contribution in [3.05, 3.63) is 66.1 Å². The van der Waals surface area contributed by atoms with E-state index in [-0.39, 0.29) is 18.3 Å². The molecule has 1 aromatic carbocycles. The number of hydrogen-bond donors (Lipinski definition) is 0. The van der Waals surface area contributed by atoms with Crippen LogP contribution in [0.2, 0.25) is 0 Å². The normalized spacial score (nSPS) is 18.2. The maximum absolute atomic E-state index is 13.9. The Morgan fingerprint density at radius 1 is 1.19 bits per heavy atom. The summed E-state index contributed by atoms with van der Waals surface area (Å²) in [5.74, 6) is -1.23. The van der Waals surface area contributed by atoms with Gasteiger partial charge in [-0.25, -0.2) is 32.9 Å². The van der Waals surface area contributed by atoms with Crippen LogP contribution in [0.4, 0.5) is 23.8 Å². The molecule has 0 spiro atoms. The molecule has 1 aliphatic heterocycles. The van der Waals surface area contributed by atoms with E-state index in [1.54, 1.807) is 10.8 Å². The molecule has 2 aromatic heterocycles. The van der Waals surface area contributed by atoms with Crippen LogP contribution in [0.1, 0.15) is 31.3 Å². The number of rotatable bonds is 6. The number of halogens is 3. The van der Waals surface area contributed by atoms with Crippen LogP contribution in [0.25, 0.3) is 5.69 Å². The number of aromatic nitrogens is 4. The molecule has 4 rings (SSSR count). The number of amides is 1. The molecule has 3 atom stereocenters. The van der Waals surface area contributed by atoms with E-state index in [4.69, 9.17) is 4.74 Å². The van der Waals surface area contributed by atoms with Crippen molar-refractivity contribution in [3.8, 4) is 5.69 Å². The largest absolute Gasteiger partial charge is 0.447 e. The smallest absolute Gasteiger partial charge is 0.416 e. The van der Waals surface area contributed by atoms with Gasteiger partial charge in [-0.05, 0) is 25.1 Å². The highest BCUT2D eigenvalue weighted by molar-refractivity contribution is 5.89. The second kappa shape index (κ2) is 8.37. The van der Waals surface area contributed by atoms with Crippen LogP contribution < -0.4 is 4.90 Å². The maximum atomic E-state index is 13.9. The zero-order valence-electron chi connectivity index (χ0n) is 16.9. The quantitative estimate of drug-likeness (QED) is 0.591. The summed E-state index contributed by atoms with van der Waals surface area (Å²) in [6.07, 6.45) is 3.24. The fourth-order valence-electron chi connectivity index (χ4n) is 3.42. The summed E-state index contributed by atoms with van der Waals surface area (Å²) in [5.41, 5.74) is 1.15. The van der Waals surface area contributed by atoms with E-state index >= 15 is 0 Å². The molecule has 10 heteroatoms. The Balaban J connectivity index is 1.51. The number of hydrogen-bond acceptors (Lipinski definition) is 5. The van der Waals surface area contributed by atoms with Crippen molar-refractivity contribution in [2.45, 2.75) is 38.4 Å². The zero-order valence-corrected chi connectivity index (χ0v) is 16.9. The molecule has 162 valence electrons.